The lowest BCUT2D eigenvalue weighted by Crippen LogP contribution is -2.37. The Bertz CT molecular complexity index is 604. The highest BCUT2D eigenvalue weighted by Crippen LogP contribution is 2.47. The molecular formula is C16H13F3NO. The van der Waals surface area contributed by atoms with Crippen molar-refractivity contribution in [3.63, 3.8) is 0 Å². The summed E-state index contributed by atoms with van der Waals surface area (Å²) in [5.74, 6) is -0.207. The standard InChI is InChI=1S/C16H13F3NO/c17-16(18,19)21-13-7-5-12(6-8-13)15(9-3-10-15)14-4-1-2-11-20-14/h1-2,4-9,11H,3,10H2. The molecule has 3 rings (SSSR count). The van der Waals surface area contributed by atoms with E-state index in [4.69, 9.17) is 0 Å². The van der Waals surface area contributed by atoms with Gasteiger partial charge in [-0.2, -0.15) is 0 Å². The normalized spacial score (nSPS) is 17.1. The van der Waals surface area contributed by atoms with Gasteiger partial charge in [0.05, 0.1) is 5.69 Å². The third-order valence-corrected chi connectivity index (χ3v) is 3.76. The van der Waals surface area contributed by atoms with Crippen LogP contribution in [0.4, 0.5) is 13.2 Å². The van der Waals surface area contributed by atoms with Crippen LogP contribution in [0.5, 0.6) is 5.75 Å². The van der Waals surface area contributed by atoms with Gasteiger partial charge in [-0.15, -0.1) is 13.2 Å². The third-order valence-electron chi connectivity index (χ3n) is 3.76. The van der Waals surface area contributed by atoms with Crippen molar-refractivity contribution in [1.82, 2.24) is 4.98 Å². The van der Waals surface area contributed by atoms with Gasteiger partial charge in [-0.05, 0) is 49.1 Å². The number of hydrogen-bond donors (Lipinski definition) is 0. The largest absolute Gasteiger partial charge is 0.573 e. The van der Waals surface area contributed by atoms with Crippen molar-refractivity contribution < 1.29 is 17.9 Å². The Morgan fingerprint density at radius 3 is 2.24 bits per heavy atom. The molecule has 1 heterocycles. The van der Waals surface area contributed by atoms with Gasteiger partial charge in [0.25, 0.3) is 0 Å². The molecule has 2 nitrogen and oxygen atoms in total. The Morgan fingerprint density at radius 1 is 1.05 bits per heavy atom. The lowest BCUT2D eigenvalue weighted by atomic mass is 9.62. The molecule has 1 aromatic heterocycles. The Hall–Kier alpha value is -2.04. The molecule has 1 unspecified atom stereocenters. The van der Waals surface area contributed by atoms with E-state index < -0.39 is 6.36 Å². The van der Waals surface area contributed by atoms with Gasteiger partial charge < -0.3 is 4.74 Å². The summed E-state index contributed by atoms with van der Waals surface area (Å²) in [5, 5.41) is 0. The lowest BCUT2D eigenvalue weighted by molar-refractivity contribution is -0.274. The molecule has 0 N–H and O–H groups in total. The molecule has 1 fully saturated rings. The van der Waals surface area contributed by atoms with Gasteiger partial charge >= 0.3 is 6.36 Å². The summed E-state index contributed by atoms with van der Waals surface area (Å²) < 4.78 is 40.4. The lowest BCUT2D eigenvalue weighted by Gasteiger charge is -2.41. The summed E-state index contributed by atoms with van der Waals surface area (Å²) in [5.41, 5.74) is 1.56. The van der Waals surface area contributed by atoms with E-state index in [0.717, 1.165) is 24.1 Å². The number of nitrogens with zero attached hydrogens (tertiary/aromatic N) is 1. The van der Waals surface area contributed by atoms with Crippen molar-refractivity contribution in [2.75, 3.05) is 0 Å². The predicted molar refractivity (Wildman–Crippen MR) is 71.7 cm³/mol. The number of rotatable bonds is 3. The molecule has 1 saturated carbocycles. The van der Waals surface area contributed by atoms with Crippen LogP contribution < -0.4 is 4.74 Å². The van der Waals surface area contributed by atoms with E-state index in [9.17, 15) is 13.2 Å². The second-order valence-electron chi connectivity index (χ2n) is 5.00. The van der Waals surface area contributed by atoms with Gasteiger partial charge in [0.2, 0.25) is 0 Å². The summed E-state index contributed by atoms with van der Waals surface area (Å²) in [6.07, 6.45) is 1.09. The fraction of sp³-hybridized carbons (Fsp3) is 0.250. The SMILES string of the molecule is FC(F)(F)Oc1ccc(C2(c3ccccn3)[CH]CC2)cc1. The summed E-state index contributed by atoms with van der Waals surface area (Å²) in [4.78, 5) is 4.39. The van der Waals surface area contributed by atoms with Gasteiger partial charge in [-0.1, -0.05) is 18.2 Å². The molecule has 0 amide bonds. The van der Waals surface area contributed by atoms with Gasteiger partial charge in [0.15, 0.2) is 0 Å². The highest BCUT2D eigenvalue weighted by Gasteiger charge is 2.41. The van der Waals surface area contributed by atoms with E-state index in [-0.39, 0.29) is 11.2 Å². The van der Waals surface area contributed by atoms with Crippen molar-refractivity contribution >= 4 is 0 Å². The smallest absolute Gasteiger partial charge is 0.406 e. The number of hydrogen-bond acceptors (Lipinski definition) is 2. The van der Waals surface area contributed by atoms with Crippen molar-refractivity contribution in [2.24, 2.45) is 0 Å². The molecule has 1 aromatic carbocycles. The first-order valence-corrected chi connectivity index (χ1v) is 6.62. The van der Waals surface area contributed by atoms with Crippen LogP contribution in [0.1, 0.15) is 24.1 Å². The molecule has 1 aliphatic carbocycles. The van der Waals surface area contributed by atoms with Crippen LogP contribution in [-0.2, 0) is 5.41 Å². The molecule has 0 saturated heterocycles. The number of pyridine rings is 1. The molecule has 1 atom stereocenters. The van der Waals surface area contributed by atoms with Crippen LogP contribution in [0.3, 0.4) is 0 Å². The maximum atomic E-state index is 12.2. The minimum absolute atomic E-state index is 0.207. The zero-order valence-electron chi connectivity index (χ0n) is 11.1. The number of alkyl halides is 3. The Labute approximate surface area is 120 Å². The highest BCUT2D eigenvalue weighted by atomic mass is 19.4. The minimum Gasteiger partial charge on any atom is -0.406 e. The summed E-state index contributed by atoms with van der Waals surface area (Å²) >= 11 is 0. The van der Waals surface area contributed by atoms with Crippen LogP contribution in [0.25, 0.3) is 0 Å². The van der Waals surface area contributed by atoms with Crippen LogP contribution in [0.15, 0.2) is 48.7 Å². The molecule has 5 heteroatoms. The Morgan fingerprint density at radius 2 is 1.76 bits per heavy atom. The van der Waals surface area contributed by atoms with E-state index in [1.165, 1.54) is 12.1 Å². The molecule has 109 valence electrons. The van der Waals surface area contributed by atoms with Crippen LogP contribution in [0.2, 0.25) is 0 Å². The van der Waals surface area contributed by atoms with E-state index in [1.807, 2.05) is 18.2 Å². The molecule has 1 radical (unpaired) electrons. The molecule has 1 aliphatic rings. The predicted octanol–water partition coefficient (Wildman–Crippen LogP) is 4.26. The fourth-order valence-corrected chi connectivity index (χ4v) is 2.66. The first-order valence-electron chi connectivity index (χ1n) is 6.62. The van der Waals surface area contributed by atoms with Crippen molar-refractivity contribution in [3.05, 3.63) is 66.3 Å². The van der Waals surface area contributed by atoms with Gasteiger partial charge in [-0.3, -0.25) is 4.98 Å². The van der Waals surface area contributed by atoms with Gasteiger partial charge in [-0.25, -0.2) is 0 Å². The first kappa shape index (κ1) is 13.9. The summed E-state index contributed by atoms with van der Waals surface area (Å²) in [6.45, 7) is 0. The van der Waals surface area contributed by atoms with E-state index in [0.29, 0.717) is 0 Å². The summed E-state index contributed by atoms with van der Waals surface area (Å²) in [6, 6.07) is 11.7. The number of benzene rings is 1. The van der Waals surface area contributed by atoms with E-state index in [1.54, 1.807) is 18.3 Å². The topological polar surface area (TPSA) is 22.1 Å². The van der Waals surface area contributed by atoms with Crippen LogP contribution in [0, 0.1) is 6.42 Å². The van der Waals surface area contributed by atoms with Gasteiger partial charge in [0, 0.05) is 11.6 Å². The molecular weight excluding hydrogens is 279 g/mol. The molecule has 0 aliphatic heterocycles. The zero-order chi connectivity index (χ0) is 14.9. The number of halogens is 3. The second kappa shape index (κ2) is 5.06. The van der Waals surface area contributed by atoms with E-state index >= 15 is 0 Å². The average Bonchev–Trinajstić information content (AvgIpc) is 2.39. The number of aromatic nitrogens is 1. The second-order valence-corrected chi connectivity index (χ2v) is 5.00. The maximum Gasteiger partial charge on any atom is 0.573 e. The van der Waals surface area contributed by atoms with Crippen LogP contribution >= 0.6 is 0 Å². The highest BCUT2D eigenvalue weighted by molar-refractivity contribution is 5.45. The molecule has 21 heavy (non-hydrogen) atoms. The number of ether oxygens (including phenoxy) is 1. The van der Waals surface area contributed by atoms with Crippen LogP contribution in [-0.4, -0.2) is 11.3 Å². The van der Waals surface area contributed by atoms with Crippen molar-refractivity contribution in [3.8, 4) is 5.75 Å². The zero-order valence-corrected chi connectivity index (χ0v) is 11.1. The van der Waals surface area contributed by atoms with E-state index in [2.05, 4.69) is 16.1 Å². The maximum absolute atomic E-state index is 12.2. The molecule has 0 bridgehead atoms. The fourth-order valence-electron chi connectivity index (χ4n) is 2.66. The molecule has 0 spiro atoms. The Balaban J connectivity index is 1.89. The van der Waals surface area contributed by atoms with Crippen molar-refractivity contribution in [2.45, 2.75) is 24.6 Å². The quantitative estimate of drug-likeness (QED) is 0.843. The van der Waals surface area contributed by atoms with Gasteiger partial charge in [0.1, 0.15) is 5.75 Å². The average molecular weight is 292 g/mol. The Kier molecular flexibility index (Phi) is 3.35. The summed E-state index contributed by atoms with van der Waals surface area (Å²) in [7, 11) is 0. The monoisotopic (exact) mass is 292 g/mol. The van der Waals surface area contributed by atoms with Crippen molar-refractivity contribution in [1.29, 1.82) is 0 Å². The third kappa shape index (κ3) is 2.73. The first-order chi connectivity index (χ1) is 10.00. The minimum atomic E-state index is -4.66. The molecule has 2 aromatic rings.